The largest absolute Gasteiger partial charge is 0.370 e. The number of nitrogens with zero attached hydrogens (tertiary/aromatic N) is 3. The molecule has 0 saturated carbocycles. The minimum Gasteiger partial charge on any atom is -0.370 e. The number of likely N-dealkylation sites (tertiary alicyclic amines) is 1. The van der Waals surface area contributed by atoms with Crippen molar-refractivity contribution >= 4 is 52.6 Å². The number of rotatable bonds is 4. The molecule has 1 aliphatic rings. The smallest absolute Gasteiger partial charge is 0.191 e. The molecule has 3 heterocycles. The zero-order valence-electron chi connectivity index (χ0n) is 14.0. The summed E-state index contributed by atoms with van der Waals surface area (Å²) in [6.45, 7) is 4.92. The van der Waals surface area contributed by atoms with Crippen molar-refractivity contribution in [3.05, 3.63) is 27.4 Å². The van der Waals surface area contributed by atoms with Crippen LogP contribution < -0.4 is 5.73 Å². The lowest BCUT2D eigenvalue weighted by Gasteiger charge is -2.20. The van der Waals surface area contributed by atoms with E-state index in [1.54, 1.807) is 11.3 Å². The van der Waals surface area contributed by atoms with Crippen molar-refractivity contribution in [3.63, 3.8) is 0 Å². The van der Waals surface area contributed by atoms with Crippen LogP contribution in [0.25, 0.3) is 10.6 Å². The molecule has 4 nitrogen and oxygen atoms in total. The van der Waals surface area contributed by atoms with E-state index >= 15 is 0 Å². The number of aliphatic imine (C=N–C) groups is 1. The fraction of sp³-hybridized carbons (Fsp3) is 0.529. The second-order valence-electron chi connectivity index (χ2n) is 5.91. The van der Waals surface area contributed by atoms with E-state index in [2.05, 4.69) is 32.4 Å². The Morgan fingerprint density at radius 1 is 1.25 bits per heavy atom. The molecule has 1 saturated heterocycles. The quantitative estimate of drug-likeness (QED) is 0.401. The lowest BCUT2D eigenvalue weighted by molar-refractivity contribution is 0.428. The van der Waals surface area contributed by atoms with Crippen molar-refractivity contribution in [2.45, 2.75) is 39.0 Å². The SMILES string of the molecule is Cc1nc(-c2ccc(CCN=C(N)N3CCCCCC3)s2)cs1.I. The molecule has 132 valence electrons. The van der Waals surface area contributed by atoms with Crippen LogP contribution in [0.4, 0.5) is 0 Å². The third-order valence-electron chi connectivity index (χ3n) is 4.10. The summed E-state index contributed by atoms with van der Waals surface area (Å²) >= 11 is 3.51. The number of aryl methyl sites for hydroxylation is 1. The Bertz CT molecular complexity index is 657. The molecule has 0 amide bonds. The molecule has 0 aliphatic carbocycles. The first-order valence-corrected chi connectivity index (χ1v) is 9.98. The van der Waals surface area contributed by atoms with Crippen molar-refractivity contribution in [1.82, 2.24) is 9.88 Å². The van der Waals surface area contributed by atoms with Crippen LogP contribution in [0.2, 0.25) is 0 Å². The normalized spacial score (nSPS) is 15.9. The summed E-state index contributed by atoms with van der Waals surface area (Å²) in [5.74, 6) is 0.721. The van der Waals surface area contributed by atoms with Gasteiger partial charge in [0.1, 0.15) is 0 Å². The van der Waals surface area contributed by atoms with Gasteiger partial charge in [-0.3, -0.25) is 4.99 Å². The summed E-state index contributed by atoms with van der Waals surface area (Å²) in [6.07, 6.45) is 6.05. The molecular formula is C17H25IN4S2. The molecule has 2 aromatic heterocycles. The summed E-state index contributed by atoms with van der Waals surface area (Å²) in [4.78, 5) is 14.0. The predicted molar refractivity (Wildman–Crippen MR) is 116 cm³/mol. The molecule has 1 aliphatic heterocycles. The Morgan fingerprint density at radius 2 is 2.00 bits per heavy atom. The Kier molecular flexibility index (Phi) is 7.96. The van der Waals surface area contributed by atoms with Gasteiger partial charge in [-0.1, -0.05) is 12.8 Å². The molecule has 0 spiro atoms. The summed E-state index contributed by atoms with van der Waals surface area (Å²) in [5.41, 5.74) is 7.25. The van der Waals surface area contributed by atoms with Gasteiger partial charge in [-0.25, -0.2) is 4.98 Å². The highest BCUT2D eigenvalue weighted by atomic mass is 127. The van der Waals surface area contributed by atoms with Crippen molar-refractivity contribution in [2.75, 3.05) is 19.6 Å². The van der Waals surface area contributed by atoms with E-state index in [0.717, 1.165) is 42.7 Å². The highest BCUT2D eigenvalue weighted by Crippen LogP contribution is 2.29. The van der Waals surface area contributed by atoms with E-state index < -0.39 is 0 Å². The summed E-state index contributed by atoms with van der Waals surface area (Å²) < 4.78 is 0. The third kappa shape index (κ3) is 5.42. The van der Waals surface area contributed by atoms with E-state index in [-0.39, 0.29) is 24.0 Å². The van der Waals surface area contributed by atoms with Gasteiger partial charge in [-0.2, -0.15) is 0 Å². The second kappa shape index (κ2) is 9.72. The maximum absolute atomic E-state index is 6.15. The van der Waals surface area contributed by atoms with Crippen LogP contribution in [-0.4, -0.2) is 35.5 Å². The molecule has 0 bridgehead atoms. The lowest BCUT2D eigenvalue weighted by atomic mass is 10.2. The summed E-state index contributed by atoms with van der Waals surface area (Å²) in [5, 5.41) is 3.24. The van der Waals surface area contributed by atoms with Crippen molar-refractivity contribution in [1.29, 1.82) is 0 Å². The standard InChI is InChI=1S/C17H24N4S2.HI/c1-13-20-15(12-22-13)16-7-6-14(23-16)8-9-19-17(18)21-10-4-2-3-5-11-21;/h6-7,12H,2-5,8-11H2,1H3,(H2,18,19);1H. The van der Waals surface area contributed by atoms with Gasteiger partial charge in [-0.15, -0.1) is 46.7 Å². The molecule has 24 heavy (non-hydrogen) atoms. The topological polar surface area (TPSA) is 54.5 Å². The molecule has 1 fully saturated rings. The minimum atomic E-state index is 0. The van der Waals surface area contributed by atoms with Crippen LogP contribution in [0.5, 0.6) is 0 Å². The zero-order chi connectivity index (χ0) is 16.1. The number of thiophene rings is 1. The van der Waals surface area contributed by atoms with Crippen LogP contribution in [0.15, 0.2) is 22.5 Å². The number of halogens is 1. The van der Waals surface area contributed by atoms with Gasteiger partial charge in [0.05, 0.1) is 15.6 Å². The van der Waals surface area contributed by atoms with E-state index in [1.807, 2.05) is 18.3 Å². The van der Waals surface area contributed by atoms with Gasteiger partial charge in [0.2, 0.25) is 0 Å². The second-order valence-corrected chi connectivity index (χ2v) is 8.14. The fourth-order valence-corrected chi connectivity index (χ4v) is 4.45. The molecule has 0 atom stereocenters. The molecule has 0 radical (unpaired) electrons. The Hall–Kier alpha value is -0.670. The van der Waals surface area contributed by atoms with Crippen molar-refractivity contribution in [2.24, 2.45) is 10.7 Å². The molecule has 0 unspecified atom stereocenters. The Morgan fingerprint density at radius 3 is 2.67 bits per heavy atom. The van der Waals surface area contributed by atoms with Crippen LogP contribution in [0, 0.1) is 6.92 Å². The molecule has 7 heteroatoms. The van der Waals surface area contributed by atoms with Crippen molar-refractivity contribution < 1.29 is 0 Å². The predicted octanol–water partition coefficient (Wildman–Crippen LogP) is 4.53. The number of guanidine groups is 1. The van der Waals surface area contributed by atoms with E-state index in [4.69, 9.17) is 5.73 Å². The van der Waals surface area contributed by atoms with Crippen LogP contribution in [0.1, 0.15) is 35.6 Å². The van der Waals surface area contributed by atoms with Gasteiger partial charge < -0.3 is 10.6 Å². The average Bonchev–Trinajstić information content (AvgIpc) is 3.08. The number of nitrogens with two attached hydrogens (primary N) is 1. The number of thiazole rings is 1. The lowest BCUT2D eigenvalue weighted by Crippen LogP contribution is -2.38. The fourth-order valence-electron chi connectivity index (χ4n) is 2.81. The van der Waals surface area contributed by atoms with Gasteiger partial charge in [0, 0.05) is 36.3 Å². The monoisotopic (exact) mass is 476 g/mol. The maximum atomic E-state index is 6.15. The molecule has 0 aromatic carbocycles. The zero-order valence-corrected chi connectivity index (χ0v) is 18.0. The first-order chi connectivity index (χ1) is 11.2. The average molecular weight is 476 g/mol. The first kappa shape index (κ1) is 19.7. The molecule has 3 rings (SSSR count). The first-order valence-electron chi connectivity index (χ1n) is 8.28. The van der Waals surface area contributed by atoms with Gasteiger partial charge >= 0.3 is 0 Å². The Labute approximate surface area is 169 Å². The van der Waals surface area contributed by atoms with Gasteiger partial charge in [-0.05, 0) is 31.9 Å². The summed E-state index contributed by atoms with van der Waals surface area (Å²) in [7, 11) is 0. The number of hydrogen-bond acceptors (Lipinski definition) is 4. The maximum Gasteiger partial charge on any atom is 0.191 e. The van der Waals surface area contributed by atoms with E-state index in [1.165, 1.54) is 35.4 Å². The molecular weight excluding hydrogens is 451 g/mol. The Balaban J connectivity index is 0.00000208. The van der Waals surface area contributed by atoms with Crippen molar-refractivity contribution in [3.8, 4) is 10.6 Å². The highest BCUT2D eigenvalue weighted by molar-refractivity contribution is 14.0. The van der Waals surface area contributed by atoms with E-state index in [0.29, 0.717) is 0 Å². The van der Waals surface area contributed by atoms with Crippen LogP contribution in [0.3, 0.4) is 0 Å². The minimum absolute atomic E-state index is 0. The summed E-state index contributed by atoms with van der Waals surface area (Å²) in [6, 6.07) is 4.35. The van der Waals surface area contributed by atoms with Crippen LogP contribution >= 0.6 is 46.7 Å². The van der Waals surface area contributed by atoms with E-state index in [9.17, 15) is 0 Å². The highest BCUT2D eigenvalue weighted by Gasteiger charge is 2.11. The molecule has 2 aromatic rings. The molecule has 2 N–H and O–H groups in total. The van der Waals surface area contributed by atoms with Gasteiger partial charge in [0.15, 0.2) is 5.96 Å². The number of aromatic nitrogens is 1. The number of hydrogen-bond donors (Lipinski definition) is 1. The van der Waals surface area contributed by atoms with Crippen LogP contribution in [-0.2, 0) is 6.42 Å². The third-order valence-corrected chi connectivity index (χ3v) is 6.04. The van der Waals surface area contributed by atoms with Gasteiger partial charge in [0.25, 0.3) is 0 Å².